The molecule has 0 aliphatic heterocycles. The van der Waals surface area contributed by atoms with Crippen LogP contribution in [0.25, 0.3) is 0 Å². The van der Waals surface area contributed by atoms with Crippen LogP contribution in [0.1, 0.15) is 25.7 Å². The molecule has 1 aromatic heterocycles. The number of nitrogens with zero attached hydrogens (tertiary/aromatic N) is 3. The molecule has 1 heterocycles. The van der Waals surface area contributed by atoms with Crippen LogP contribution >= 0.6 is 12.6 Å². The molecule has 0 amide bonds. The molecule has 0 radical (unpaired) electrons. The van der Waals surface area contributed by atoms with Gasteiger partial charge in [-0.05, 0) is 24.0 Å². The maximum absolute atomic E-state index is 4.45. The van der Waals surface area contributed by atoms with E-state index in [2.05, 4.69) is 22.7 Å². The quantitative estimate of drug-likeness (QED) is 0.749. The zero-order valence-electron chi connectivity index (χ0n) is 7.69. The minimum Gasteiger partial charge on any atom is -0.252 e. The summed E-state index contributed by atoms with van der Waals surface area (Å²) < 4.78 is 1.93. The number of hydrogen-bond acceptors (Lipinski definition) is 3. The fourth-order valence-electron chi connectivity index (χ4n) is 2.15. The zero-order valence-corrected chi connectivity index (χ0v) is 8.58. The molecule has 0 saturated heterocycles. The molecule has 0 bridgehead atoms. The molecule has 0 aromatic carbocycles. The maximum Gasteiger partial charge on any atom is 0.137 e. The van der Waals surface area contributed by atoms with E-state index in [1.165, 1.54) is 25.7 Å². The van der Waals surface area contributed by atoms with Crippen molar-refractivity contribution in [2.75, 3.05) is 5.75 Å². The molecule has 3 nitrogen and oxygen atoms in total. The monoisotopic (exact) mass is 197 g/mol. The van der Waals surface area contributed by atoms with E-state index in [0.717, 1.165) is 12.3 Å². The molecule has 1 aliphatic carbocycles. The molecule has 72 valence electrons. The molecule has 13 heavy (non-hydrogen) atoms. The Morgan fingerprint density at radius 2 is 2.15 bits per heavy atom. The van der Waals surface area contributed by atoms with Crippen LogP contribution in [-0.2, 0) is 6.54 Å². The van der Waals surface area contributed by atoms with Gasteiger partial charge in [-0.1, -0.05) is 12.8 Å². The van der Waals surface area contributed by atoms with Crippen molar-refractivity contribution in [1.82, 2.24) is 14.8 Å². The van der Waals surface area contributed by atoms with Crippen molar-refractivity contribution in [3.05, 3.63) is 12.7 Å². The summed E-state index contributed by atoms with van der Waals surface area (Å²) in [6.45, 7) is 0.983. The third-order valence-electron chi connectivity index (χ3n) is 2.96. The number of aromatic nitrogens is 3. The first-order valence-electron chi connectivity index (χ1n) is 4.78. The van der Waals surface area contributed by atoms with E-state index in [9.17, 15) is 0 Å². The topological polar surface area (TPSA) is 30.7 Å². The van der Waals surface area contributed by atoms with Crippen LogP contribution in [0, 0.1) is 5.41 Å². The van der Waals surface area contributed by atoms with Gasteiger partial charge in [0.05, 0.1) is 0 Å². The summed E-state index contributed by atoms with van der Waals surface area (Å²) in [5.41, 5.74) is 0.386. The molecule has 1 fully saturated rings. The Balaban J connectivity index is 2.06. The highest BCUT2D eigenvalue weighted by molar-refractivity contribution is 7.80. The van der Waals surface area contributed by atoms with Crippen LogP contribution in [-0.4, -0.2) is 20.5 Å². The van der Waals surface area contributed by atoms with Crippen LogP contribution < -0.4 is 0 Å². The van der Waals surface area contributed by atoms with Crippen LogP contribution in [0.5, 0.6) is 0 Å². The minimum atomic E-state index is 0.386. The zero-order chi connectivity index (χ0) is 9.15. The van der Waals surface area contributed by atoms with Crippen LogP contribution in [0.15, 0.2) is 12.7 Å². The highest BCUT2D eigenvalue weighted by Crippen LogP contribution is 2.40. The third-order valence-corrected chi connectivity index (χ3v) is 3.63. The lowest BCUT2D eigenvalue weighted by atomic mass is 9.89. The van der Waals surface area contributed by atoms with Gasteiger partial charge < -0.3 is 0 Å². The molecule has 1 aliphatic rings. The van der Waals surface area contributed by atoms with E-state index in [0.29, 0.717) is 5.41 Å². The van der Waals surface area contributed by atoms with E-state index in [-0.39, 0.29) is 0 Å². The molecular formula is C9H15N3S. The summed E-state index contributed by atoms with van der Waals surface area (Å²) in [5, 5.41) is 4.14. The van der Waals surface area contributed by atoms with Gasteiger partial charge in [-0.2, -0.15) is 17.7 Å². The first-order chi connectivity index (χ1) is 6.35. The smallest absolute Gasteiger partial charge is 0.137 e. The molecular weight excluding hydrogens is 182 g/mol. The summed E-state index contributed by atoms with van der Waals surface area (Å²) >= 11 is 4.45. The average Bonchev–Trinajstić information content (AvgIpc) is 2.77. The van der Waals surface area contributed by atoms with Gasteiger partial charge in [-0.25, -0.2) is 4.98 Å². The van der Waals surface area contributed by atoms with Crippen molar-refractivity contribution in [2.24, 2.45) is 5.41 Å². The normalized spacial score (nSPS) is 20.7. The van der Waals surface area contributed by atoms with Crippen molar-refractivity contribution in [1.29, 1.82) is 0 Å². The lowest BCUT2D eigenvalue weighted by Crippen LogP contribution is -2.25. The third kappa shape index (κ3) is 1.88. The summed E-state index contributed by atoms with van der Waals surface area (Å²) in [6.07, 6.45) is 8.65. The molecule has 0 atom stereocenters. The second-order valence-electron chi connectivity index (χ2n) is 3.96. The Labute approximate surface area is 84.0 Å². The van der Waals surface area contributed by atoms with Crippen LogP contribution in [0.2, 0.25) is 0 Å². The largest absolute Gasteiger partial charge is 0.252 e. The Kier molecular flexibility index (Phi) is 2.58. The first kappa shape index (κ1) is 9.06. The molecule has 0 spiro atoms. The molecule has 0 N–H and O–H groups in total. The number of thiol groups is 1. The fraction of sp³-hybridized carbons (Fsp3) is 0.778. The maximum atomic E-state index is 4.45. The standard InChI is InChI=1S/C9H15N3S/c13-6-9(3-1-2-4-9)5-12-8-10-7-11-12/h7-8,13H,1-6H2. The second kappa shape index (κ2) is 3.70. The second-order valence-corrected chi connectivity index (χ2v) is 4.27. The van der Waals surface area contributed by atoms with Crippen molar-refractivity contribution >= 4 is 12.6 Å². The predicted octanol–water partition coefficient (Wildman–Crippen LogP) is 1.77. The SMILES string of the molecule is SCC1(Cn2cncn2)CCCC1. The van der Waals surface area contributed by atoms with Gasteiger partial charge in [-0.15, -0.1) is 0 Å². The summed E-state index contributed by atoms with van der Waals surface area (Å²) in [5.74, 6) is 0.965. The minimum absolute atomic E-state index is 0.386. The summed E-state index contributed by atoms with van der Waals surface area (Å²) in [6, 6.07) is 0. The van der Waals surface area contributed by atoms with Crippen molar-refractivity contribution in [2.45, 2.75) is 32.2 Å². The molecule has 0 unspecified atom stereocenters. The fourth-order valence-corrected chi connectivity index (χ4v) is 2.57. The van der Waals surface area contributed by atoms with Gasteiger partial charge in [0.25, 0.3) is 0 Å². The number of rotatable bonds is 3. The Morgan fingerprint density at radius 1 is 1.38 bits per heavy atom. The Bertz CT molecular complexity index is 252. The van der Waals surface area contributed by atoms with E-state index in [1.54, 1.807) is 12.7 Å². The molecule has 1 aromatic rings. The lowest BCUT2D eigenvalue weighted by Gasteiger charge is -2.26. The lowest BCUT2D eigenvalue weighted by molar-refractivity contribution is 0.276. The summed E-state index contributed by atoms with van der Waals surface area (Å²) in [7, 11) is 0. The van der Waals surface area contributed by atoms with Gasteiger partial charge in [0.1, 0.15) is 12.7 Å². The van der Waals surface area contributed by atoms with Crippen molar-refractivity contribution < 1.29 is 0 Å². The molecule has 4 heteroatoms. The molecule has 1 saturated carbocycles. The van der Waals surface area contributed by atoms with E-state index in [1.807, 2.05) is 4.68 Å². The van der Waals surface area contributed by atoms with Gasteiger partial charge in [0.2, 0.25) is 0 Å². The van der Waals surface area contributed by atoms with E-state index in [4.69, 9.17) is 0 Å². The first-order valence-corrected chi connectivity index (χ1v) is 5.41. The van der Waals surface area contributed by atoms with Gasteiger partial charge in [0.15, 0.2) is 0 Å². The van der Waals surface area contributed by atoms with E-state index < -0.39 is 0 Å². The highest BCUT2D eigenvalue weighted by Gasteiger charge is 2.32. The van der Waals surface area contributed by atoms with E-state index >= 15 is 0 Å². The average molecular weight is 197 g/mol. The predicted molar refractivity (Wildman–Crippen MR) is 54.8 cm³/mol. The Hall–Kier alpha value is -0.510. The van der Waals surface area contributed by atoms with Crippen LogP contribution in [0.4, 0.5) is 0 Å². The Morgan fingerprint density at radius 3 is 2.69 bits per heavy atom. The van der Waals surface area contributed by atoms with Gasteiger partial charge in [-0.3, -0.25) is 4.68 Å². The number of hydrogen-bond donors (Lipinski definition) is 1. The van der Waals surface area contributed by atoms with Gasteiger partial charge in [0, 0.05) is 6.54 Å². The van der Waals surface area contributed by atoms with Crippen molar-refractivity contribution in [3.63, 3.8) is 0 Å². The summed E-state index contributed by atoms with van der Waals surface area (Å²) in [4.78, 5) is 3.96. The molecule has 2 rings (SSSR count). The van der Waals surface area contributed by atoms with Crippen molar-refractivity contribution in [3.8, 4) is 0 Å². The highest BCUT2D eigenvalue weighted by atomic mass is 32.1. The van der Waals surface area contributed by atoms with Crippen LogP contribution in [0.3, 0.4) is 0 Å². The van der Waals surface area contributed by atoms with Gasteiger partial charge >= 0.3 is 0 Å².